The Labute approximate surface area is 128 Å². The fraction of sp³-hybridized carbons (Fsp3) is 0.571. The molecule has 1 aliphatic rings. The van der Waals surface area contributed by atoms with Gasteiger partial charge in [-0.25, -0.2) is 13.2 Å². The van der Waals surface area contributed by atoms with Crippen LogP contribution < -0.4 is 5.32 Å². The average molecular weight is 342 g/mol. The van der Waals surface area contributed by atoms with Crippen molar-refractivity contribution in [2.75, 3.05) is 32.8 Å². The zero-order valence-electron chi connectivity index (χ0n) is 12.0. The highest BCUT2D eigenvalue weighted by Gasteiger charge is 2.45. The highest BCUT2D eigenvalue weighted by Crippen LogP contribution is 2.39. The number of hydrogen-bond acceptors (Lipinski definition) is 3. The molecule has 1 aliphatic heterocycles. The summed E-state index contributed by atoms with van der Waals surface area (Å²) < 4.78 is 80.1. The van der Waals surface area contributed by atoms with Gasteiger partial charge in [0.05, 0.1) is 5.56 Å². The molecule has 0 radical (unpaired) electrons. The molecule has 0 bridgehead atoms. The maximum absolute atomic E-state index is 14.1. The van der Waals surface area contributed by atoms with Gasteiger partial charge < -0.3 is 10.4 Å². The molecule has 0 spiro atoms. The molecule has 0 unspecified atom stereocenters. The van der Waals surface area contributed by atoms with Gasteiger partial charge in [-0.3, -0.25) is 4.90 Å². The van der Waals surface area contributed by atoms with Crippen LogP contribution in [0.15, 0.2) is 18.2 Å². The molecular formula is C14H16F6N2O. The number of alkyl halides is 5. The largest absolute Gasteiger partial charge is 0.419 e. The third kappa shape index (κ3) is 3.96. The van der Waals surface area contributed by atoms with Crippen molar-refractivity contribution >= 4 is 0 Å². The van der Waals surface area contributed by atoms with Crippen molar-refractivity contribution in [1.82, 2.24) is 10.2 Å². The van der Waals surface area contributed by atoms with Crippen molar-refractivity contribution < 1.29 is 31.4 Å². The summed E-state index contributed by atoms with van der Waals surface area (Å²) in [4.78, 5) is 1.29. The monoisotopic (exact) mass is 342 g/mol. The van der Waals surface area contributed by atoms with Crippen molar-refractivity contribution in [3.8, 4) is 0 Å². The Kier molecular flexibility index (Phi) is 5.22. The molecule has 0 saturated carbocycles. The highest BCUT2D eigenvalue weighted by molar-refractivity contribution is 5.31. The molecule has 1 atom stereocenters. The minimum absolute atomic E-state index is 0.180. The normalized spacial score (nSPS) is 18.9. The molecule has 130 valence electrons. The molecule has 1 heterocycles. The molecule has 0 aliphatic carbocycles. The zero-order valence-corrected chi connectivity index (χ0v) is 12.0. The quantitative estimate of drug-likeness (QED) is 0.825. The second-order valence-corrected chi connectivity index (χ2v) is 5.34. The third-order valence-electron chi connectivity index (χ3n) is 3.74. The maximum Gasteiger partial charge on any atom is 0.419 e. The number of aliphatic hydroxyl groups is 1. The van der Waals surface area contributed by atoms with Crippen LogP contribution in [0.3, 0.4) is 0 Å². The summed E-state index contributed by atoms with van der Waals surface area (Å²) in [6.07, 6.45) is -4.98. The van der Waals surface area contributed by atoms with Gasteiger partial charge in [0.25, 0.3) is 5.92 Å². The maximum atomic E-state index is 14.1. The SMILES string of the molecule is OCC(F)(F)[C@@H](c1ccc(F)c(C(F)(F)F)c1)N1CCNCC1. The average Bonchev–Trinajstić information content (AvgIpc) is 2.49. The van der Waals surface area contributed by atoms with Crippen molar-refractivity contribution in [1.29, 1.82) is 0 Å². The van der Waals surface area contributed by atoms with E-state index >= 15 is 0 Å². The van der Waals surface area contributed by atoms with Crippen molar-refractivity contribution in [3.63, 3.8) is 0 Å². The predicted molar refractivity (Wildman–Crippen MR) is 70.6 cm³/mol. The number of aliphatic hydroxyl groups excluding tert-OH is 1. The van der Waals surface area contributed by atoms with E-state index in [1.54, 1.807) is 0 Å². The van der Waals surface area contributed by atoms with Gasteiger partial charge in [0.15, 0.2) is 0 Å². The minimum atomic E-state index is -4.98. The molecule has 2 rings (SSSR count). The molecule has 2 N–H and O–H groups in total. The number of nitrogens with zero attached hydrogens (tertiary/aromatic N) is 1. The first-order valence-electron chi connectivity index (χ1n) is 6.97. The number of halogens is 6. The van der Waals surface area contributed by atoms with E-state index in [0.717, 1.165) is 6.07 Å². The van der Waals surface area contributed by atoms with Gasteiger partial charge in [0.1, 0.15) is 18.5 Å². The van der Waals surface area contributed by atoms with E-state index in [4.69, 9.17) is 5.11 Å². The van der Waals surface area contributed by atoms with E-state index < -0.39 is 36.1 Å². The molecule has 1 aromatic carbocycles. The molecule has 23 heavy (non-hydrogen) atoms. The summed E-state index contributed by atoms with van der Waals surface area (Å²) >= 11 is 0. The van der Waals surface area contributed by atoms with E-state index in [1.165, 1.54) is 4.90 Å². The van der Waals surface area contributed by atoms with E-state index in [0.29, 0.717) is 25.2 Å². The molecule has 3 nitrogen and oxygen atoms in total. The summed E-state index contributed by atoms with van der Waals surface area (Å²) in [7, 11) is 0. The lowest BCUT2D eigenvalue weighted by Crippen LogP contribution is -2.51. The number of nitrogens with one attached hydrogen (secondary N) is 1. The Hall–Kier alpha value is -1.32. The second-order valence-electron chi connectivity index (χ2n) is 5.34. The topological polar surface area (TPSA) is 35.5 Å². The van der Waals surface area contributed by atoms with E-state index in [2.05, 4.69) is 5.32 Å². The fourth-order valence-electron chi connectivity index (χ4n) is 2.68. The molecule has 1 saturated heterocycles. The van der Waals surface area contributed by atoms with Crippen LogP contribution in [-0.2, 0) is 6.18 Å². The number of rotatable bonds is 4. The van der Waals surface area contributed by atoms with Gasteiger partial charge in [-0.15, -0.1) is 0 Å². The fourth-order valence-corrected chi connectivity index (χ4v) is 2.68. The van der Waals surface area contributed by atoms with Gasteiger partial charge >= 0.3 is 6.18 Å². The Morgan fingerprint density at radius 1 is 1.13 bits per heavy atom. The number of piperazine rings is 1. The van der Waals surface area contributed by atoms with Gasteiger partial charge in [-0.05, 0) is 17.7 Å². The first kappa shape index (κ1) is 18.0. The van der Waals surface area contributed by atoms with Crippen LogP contribution in [0.2, 0.25) is 0 Å². The van der Waals surface area contributed by atoms with Gasteiger partial charge in [0.2, 0.25) is 0 Å². The Morgan fingerprint density at radius 3 is 2.26 bits per heavy atom. The van der Waals surface area contributed by atoms with Crippen LogP contribution in [-0.4, -0.2) is 48.7 Å². The van der Waals surface area contributed by atoms with Gasteiger partial charge in [-0.2, -0.15) is 13.2 Å². The molecule has 0 amide bonds. The number of hydrogen-bond donors (Lipinski definition) is 2. The summed E-state index contributed by atoms with van der Waals surface area (Å²) in [5.41, 5.74) is -1.97. The standard InChI is InChI=1S/C14H16F6N2O/c15-11-2-1-9(7-10(11)14(18,19)20)12(13(16,17)8-23)22-5-3-21-4-6-22/h1-2,7,12,21,23H,3-6,8H2/t12-/m1/s1. The molecule has 9 heteroatoms. The van der Waals surface area contributed by atoms with Crippen LogP contribution in [0.25, 0.3) is 0 Å². The smallest absolute Gasteiger partial charge is 0.390 e. The van der Waals surface area contributed by atoms with Crippen molar-refractivity contribution in [2.24, 2.45) is 0 Å². The summed E-state index contributed by atoms with van der Waals surface area (Å²) in [6.45, 7) is -0.366. The number of benzene rings is 1. The molecule has 0 aromatic heterocycles. The zero-order chi connectivity index (χ0) is 17.3. The highest BCUT2D eigenvalue weighted by atomic mass is 19.4. The van der Waals surface area contributed by atoms with E-state index in [1.807, 2.05) is 0 Å². The summed E-state index contributed by atoms with van der Waals surface area (Å²) in [5, 5.41) is 11.9. The molecule has 1 aromatic rings. The minimum Gasteiger partial charge on any atom is -0.390 e. The van der Waals surface area contributed by atoms with E-state index in [9.17, 15) is 26.3 Å². The Bertz CT molecular complexity index is 543. The summed E-state index contributed by atoms with van der Waals surface area (Å²) in [5.74, 6) is -5.18. The van der Waals surface area contributed by atoms with Crippen LogP contribution in [0.4, 0.5) is 26.3 Å². The first-order valence-corrected chi connectivity index (χ1v) is 6.97. The first-order chi connectivity index (χ1) is 10.7. The van der Waals surface area contributed by atoms with E-state index in [-0.39, 0.29) is 18.7 Å². The van der Waals surface area contributed by atoms with Crippen LogP contribution in [0.5, 0.6) is 0 Å². The van der Waals surface area contributed by atoms with Crippen LogP contribution in [0.1, 0.15) is 17.2 Å². The Morgan fingerprint density at radius 2 is 1.74 bits per heavy atom. The third-order valence-corrected chi connectivity index (χ3v) is 3.74. The van der Waals surface area contributed by atoms with Crippen molar-refractivity contribution in [3.05, 3.63) is 35.1 Å². The molecular weight excluding hydrogens is 326 g/mol. The van der Waals surface area contributed by atoms with Crippen LogP contribution in [0, 0.1) is 5.82 Å². The lowest BCUT2D eigenvalue weighted by molar-refractivity contribution is -0.140. The van der Waals surface area contributed by atoms with Crippen LogP contribution >= 0.6 is 0 Å². The van der Waals surface area contributed by atoms with Gasteiger partial charge in [0, 0.05) is 26.2 Å². The second kappa shape index (κ2) is 6.66. The predicted octanol–water partition coefficient (Wildman–Crippen LogP) is 2.42. The Balaban J connectivity index is 2.47. The lowest BCUT2D eigenvalue weighted by Gasteiger charge is -2.39. The molecule has 1 fully saturated rings. The lowest BCUT2D eigenvalue weighted by atomic mass is 9.96. The van der Waals surface area contributed by atoms with Gasteiger partial charge in [-0.1, -0.05) is 6.07 Å². The van der Waals surface area contributed by atoms with Crippen molar-refractivity contribution in [2.45, 2.75) is 18.1 Å². The summed E-state index contributed by atoms with van der Waals surface area (Å²) in [6, 6.07) is 0.0732.